The second-order valence-electron chi connectivity index (χ2n) is 4.46. The highest BCUT2D eigenvalue weighted by Gasteiger charge is 2.12. The average Bonchev–Trinajstić information content (AvgIpc) is 2.38. The zero-order valence-corrected chi connectivity index (χ0v) is 11.2. The molecule has 0 aliphatic heterocycles. The van der Waals surface area contributed by atoms with E-state index in [-0.39, 0.29) is 5.69 Å². The van der Waals surface area contributed by atoms with Crippen LogP contribution in [0.4, 0.5) is 5.82 Å². The summed E-state index contributed by atoms with van der Waals surface area (Å²) < 4.78 is 5.28. The number of hydrogen-bond acceptors (Lipinski definition) is 4. The first-order valence-corrected chi connectivity index (χ1v) is 6.57. The Labute approximate surface area is 109 Å². The number of pyridine rings is 1. The van der Waals surface area contributed by atoms with Gasteiger partial charge in [-0.05, 0) is 24.5 Å². The van der Waals surface area contributed by atoms with Gasteiger partial charge in [-0.1, -0.05) is 39.2 Å². The lowest BCUT2D eigenvalue weighted by Crippen LogP contribution is -2.15. The summed E-state index contributed by atoms with van der Waals surface area (Å²) in [5, 5.41) is 0. The molecular weight excluding hydrogens is 228 g/mol. The van der Waals surface area contributed by atoms with Gasteiger partial charge in [0.2, 0.25) is 0 Å². The van der Waals surface area contributed by atoms with Gasteiger partial charge in [-0.25, -0.2) is 9.78 Å². The third-order valence-corrected chi connectivity index (χ3v) is 2.97. The van der Waals surface area contributed by atoms with Crippen LogP contribution in [0.5, 0.6) is 0 Å². The second-order valence-corrected chi connectivity index (χ2v) is 4.46. The number of aromatic nitrogens is 1. The highest BCUT2D eigenvalue weighted by atomic mass is 16.5. The summed E-state index contributed by atoms with van der Waals surface area (Å²) in [6.45, 7) is 4.74. The number of anilines is 1. The first kappa shape index (κ1) is 14.5. The van der Waals surface area contributed by atoms with Crippen molar-refractivity contribution >= 4 is 11.8 Å². The molecule has 100 valence electrons. The van der Waals surface area contributed by atoms with Crippen molar-refractivity contribution in [2.24, 2.45) is 5.92 Å². The molecule has 4 heteroatoms. The standard InChI is InChI=1S/C14H22N2O2/c1-3-5-7-11(4-2)10-18-14(17)12-8-6-9-13(15)16-12/h6,8-9,11H,3-5,7,10H2,1-2H3,(H2,15,16). The fraction of sp³-hybridized carbons (Fsp3) is 0.571. The Hall–Kier alpha value is -1.58. The van der Waals surface area contributed by atoms with Gasteiger partial charge in [0.1, 0.15) is 5.82 Å². The van der Waals surface area contributed by atoms with Gasteiger partial charge >= 0.3 is 5.97 Å². The van der Waals surface area contributed by atoms with E-state index in [1.54, 1.807) is 18.2 Å². The van der Waals surface area contributed by atoms with Crippen LogP contribution in [0.2, 0.25) is 0 Å². The van der Waals surface area contributed by atoms with Crippen molar-refractivity contribution in [3.05, 3.63) is 23.9 Å². The number of carbonyl (C=O) groups is 1. The quantitative estimate of drug-likeness (QED) is 0.755. The van der Waals surface area contributed by atoms with Gasteiger partial charge in [-0.3, -0.25) is 0 Å². The van der Waals surface area contributed by atoms with Crippen LogP contribution in [-0.4, -0.2) is 17.6 Å². The Morgan fingerprint density at radius 1 is 1.44 bits per heavy atom. The molecule has 0 aliphatic rings. The van der Waals surface area contributed by atoms with Gasteiger partial charge < -0.3 is 10.5 Å². The van der Waals surface area contributed by atoms with Crippen LogP contribution in [0.3, 0.4) is 0 Å². The Morgan fingerprint density at radius 3 is 2.83 bits per heavy atom. The summed E-state index contributed by atoms with van der Waals surface area (Å²) >= 11 is 0. The number of rotatable bonds is 7. The van der Waals surface area contributed by atoms with Crippen molar-refractivity contribution < 1.29 is 9.53 Å². The molecule has 4 nitrogen and oxygen atoms in total. The number of nitrogens with two attached hydrogens (primary N) is 1. The van der Waals surface area contributed by atoms with E-state index >= 15 is 0 Å². The highest BCUT2D eigenvalue weighted by Crippen LogP contribution is 2.13. The fourth-order valence-electron chi connectivity index (χ4n) is 1.73. The molecule has 1 atom stereocenters. The predicted molar refractivity (Wildman–Crippen MR) is 72.2 cm³/mol. The molecular formula is C14H22N2O2. The zero-order valence-electron chi connectivity index (χ0n) is 11.2. The van der Waals surface area contributed by atoms with E-state index in [1.165, 1.54) is 12.8 Å². The van der Waals surface area contributed by atoms with Crippen LogP contribution in [0.1, 0.15) is 50.0 Å². The minimum Gasteiger partial charge on any atom is -0.461 e. The summed E-state index contributed by atoms with van der Waals surface area (Å²) in [5.41, 5.74) is 5.80. The third-order valence-electron chi connectivity index (χ3n) is 2.97. The molecule has 0 saturated carbocycles. The molecule has 0 saturated heterocycles. The van der Waals surface area contributed by atoms with Gasteiger partial charge in [0.25, 0.3) is 0 Å². The van der Waals surface area contributed by atoms with E-state index in [0.717, 1.165) is 12.8 Å². The number of nitrogen functional groups attached to an aromatic ring is 1. The van der Waals surface area contributed by atoms with Crippen molar-refractivity contribution in [2.75, 3.05) is 12.3 Å². The molecule has 0 aromatic carbocycles. The van der Waals surface area contributed by atoms with E-state index in [1.807, 2.05) is 0 Å². The lowest BCUT2D eigenvalue weighted by molar-refractivity contribution is 0.0421. The zero-order chi connectivity index (χ0) is 13.4. The molecule has 1 aromatic heterocycles. The number of carbonyl (C=O) groups excluding carboxylic acids is 1. The monoisotopic (exact) mass is 250 g/mol. The Balaban J connectivity index is 2.44. The lowest BCUT2D eigenvalue weighted by Gasteiger charge is -2.14. The molecule has 0 spiro atoms. The Kier molecular flexibility index (Phi) is 6.19. The van der Waals surface area contributed by atoms with Crippen molar-refractivity contribution in [3.63, 3.8) is 0 Å². The van der Waals surface area contributed by atoms with Crippen LogP contribution in [0.25, 0.3) is 0 Å². The van der Waals surface area contributed by atoms with Gasteiger partial charge in [-0.15, -0.1) is 0 Å². The van der Waals surface area contributed by atoms with Crippen LogP contribution < -0.4 is 5.73 Å². The molecule has 1 rings (SSSR count). The van der Waals surface area contributed by atoms with Gasteiger partial charge in [0.15, 0.2) is 5.69 Å². The summed E-state index contributed by atoms with van der Waals surface area (Å²) in [7, 11) is 0. The van der Waals surface area contributed by atoms with E-state index in [4.69, 9.17) is 10.5 Å². The van der Waals surface area contributed by atoms with Crippen LogP contribution in [-0.2, 0) is 4.74 Å². The predicted octanol–water partition coefficient (Wildman–Crippen LogP) is 3.04. The van der Waals surface area contributed by atoms with E-state index < -0.39 is 5.97 Å². The normalized spacial score (nSPS) is 12.1. The average molecular weight is 250 g/mol. The second kappa shape index (κ2) is 7.69. The largest absolute Gasteiger partial charge is 0.461 e. The van der Waals surface area contributed by atoms with E-state index in [9.17, 15) is 4.79 Å². The third kappa shape index (κ3) is 4.73. The fourth-order valence-corrected chi connectivity index (χ4v) is 1.73. The number of nitrogens with zero attached hydrogens (tertiary/aromatic N) is 1. The van der Waals surface area contributed by atoms with Gasteiger partial charge in [0.05, 0.1) is 6.61 Å². The molecule has 0 amide bonds. The molecule has 0 bridgehead atoms. The molecule has 0 radical (unpaired) electrons. The van der Waals surface area contributed by atoms with Crippen molar-refractivity contribution in [1.29, 1.82) is 0 Å². The minimum absolute atomic E-state index is 0.278. The molecule has 0 aliphatic carbocycles. The first-order valence-electron chi connectivity index (χ1n) is 6.57. The van der Waals surface area contributed by atoms with E-state index in [2.05, 4.69) is 18.8 Å². The van der Waals surface area contributed by atoms with Crippen LogP contribution in [0.15, 0.2) is 18.2 Å². The summed E-state index contributed by atoms with van der Waals surface area (Å²) in [6.07, 6.45) is 4.47. The topological polar surface area (TPSA) is 65.2 Å². The van der Waals surface area contributed by atoms with Gasteiger partial charge in [-0.2, -0.15) is 0 Å². The number of unbranched alkanes of at least 4 members (excludes halogenated alkanes) is 1. The van der Waals surface area contributed by atoms with Gasteiger partial charge in [0, 0.05) is 0 Å². The van der Waals surface area contributed by atoms with Crippen molar-refractivity contribution in [2.45, 2.75) is 39.5 Å². The maximum Gasteiger partial charge on any atom is 0.357 e. The van der Waals surface area contributed by atoms with Crippen molar-refractivity contribution in [3.8, 4) is 0 Å². The van der Waals surface area contributed by atoms with Crippen molar-refractivity contribution in [1.82, 2.24) is 4.98 Å². The summed E-state index contributed by atoms with van der Waals surface area (Å²) in [5.74, 6) is 0.384. The molecule has 0 fully saturated rings. The first-order chi connectivity index (χ1) is 8.67. The SMILES string of the molecule is CCCCC(CC)COC(=O)c1cccc(N)n1. The van der Waals surface area contributed by atoms with Crippen LogP contribution >= 0.6 is 0 Å². The maximum atomic E-state index is 11.8. The van der Waals surface area contributed by atoms with E-state index in [0.29, 0.717) is 18.3 Å². The maximum absolute atomic E-state index is 11.8. The van der Waals surface area contributed by atoms with Crippen LogP contribution in [0, 0.1) is 5.92 Å². The molecule has 1 unspecified atom stereocenters. The molecule has 1 aromatic rings. The summed E-state index contributed by atoms with van der Waals surface area (Å²) in [4.78, 5) is 15.7. The number of esters is 1. The highest BCUT2D eigenvalue weighted by molar-refractivity contribution is 5.87. The molecule has 1 heterocycles. The Bertz CT molecular complexity index is 380. The minimum atomic E-state index is -0.391. The molecule has 2 N–H and O–H groups in total. The Morgan fingerprint density at radius 2 is 2.22 bits per heavy atom. The smallest absolute Gasteiger partial charge is 0.357 e. The summed E-state index contributed by atoms with van der Waals surface area (Å²) in [6, 6.07) is 4.96. The number of hydrogen-bond donors (Lipinski definition) is 1. The molecule has 18 heavy (non-hydrogen) atoms. The lowest BCUT2D eigenvalue weighted by atomic mass is 10.0. The number of ether oxygens (including phenoxy) is 1.